The highest BCUT2D eigenvalue weighted by molar-refractivity contribution is 5.80. The number of likely N-dealkylation sites (tertiary alicyclic amines) is 1. The first kappa shape index (κ1) is 14.1. The molecular formula is C13H22N2O4. The molecule has 1 unspecified atom stereocenters. The Labute approximate surface area is 112 Å². The molecule has 0 bridgehead atoms. The molecule has 6 heteroatoms. The standard InChI is InChI=1S/C13H22N2O4/c16-8-10-4-2-1-3-7-15(10)12(19)14-9-13(5-6-13)11(17)18/h10,16H,1-9H2,(H,14,19)(H,17,18). The summed E-state index contributed by atoms with van der Waals surface area (Å²) in [7, 11) is 0. The van der Waals surface area contributed by atoms with Crippen molar-refractivity contribution >= 4 is 12.0 Å². The lowest BCUT2D eigenvalue weighted by atomic mass is 10.1. The summed E-state index contributed by atoms with van der Waals surface area (Å²) in [5, 5.41) is 21.1. The maximum Gasteiger partial charge on any atom is 0.317 e. The molecule has 1 heterocycles. The zero-order chi connectivity index (χ0) is 13.9. The van der Waals surface area contributed by atoms with E-state index in [1.54, 1.807) is 4.90 Å². The number of carbonyl (C=O) groups excluding carboxylic acids is 1. The third-order valence-corrected chi connectivity index (χ3v) is 4.23. The minimum Gasteiger partial charge on any atom is -0.481 e. The largest absolute Gasteiger partial charge is 0.481 e. The fraction of sp³-hybridized carbons (Fsp3) is 0.846. The van der Waals surface area contributed by atoms with Gasteiger partial charge in [0.05, 0.1) is 18.1 Å². The van der Waals surface area contributed by atoms with E-state index in [0.29, 0.717) is 19.4 Å². The summed E-state index contributed by atoms with van der Waals surface area (Å²) >= 11 is 0. The first-order valence-electron chi connectivity index (χ1n) is 6.98. The predicted octanol–water partition coefficient (Wildman–Crippen LogP) is 0.798. The monoisotopic (exact) mass is 270 g/mol. The van der Waals surface area contributed by atoms with E-state index in [1.807, 2.05) is 0 Å². The maximum atomic E-state index is 12.1. The normalized spacial score (nSPS) is 25.5. The van der Waals surface area contributed by atoms with Crippen LogP contribution < -0.4 is 5.32 Å². The van der Waals surface area contributed by atoms with E-state index in [2.05, 4.69) is 5.32 Å². The van der Waals surface area contributed by atoms with E-state index in [4.69, 9.17) is 5.11 Å². The first-order valence-corrected chi connectivity index (χ1v) is 6.98. The average Bonchev–Trinajstić information content (AvgIpc) is 3.20. The van der Waals surface area contributed by atoms with Crippen LogP contribution >= 0.6 is 0 Å². The lowest BCUT2D eigenvalue weighted by Gasteiger charge is -2.29. The summed E-state index contributed by atoms with van der Waals surface area (Å²) in [6, 6.07) is -0.379. The van der Waals surface area contributed by atoms with Gasteiger partial charge in [0.2, 0.25) is 0 Å². The van der Waals surface area contributed by atoms with Gasteiger partial charge in [0.25, 0.3) is 0 Å². The molecule has 1 saturated heterocycles. The molecule has 1 aliphatic heterocycles. The van der Waals surface area contributed by atoms with Crippen LogP contribution in [-0.2, 0) is 4.79 Å². The number of aliphatic carboxylic acids is 1. The van der Waals surface area contributed by atoms with Gasteiger partial charge in [-0.25, -0.2) is 4.79 Å². The smallest absolute Gasteiger partial charge is 0.317 e. The summed E-state index contributed by atoms with van der Waals surface area (Å²) < 4.78 is 0. The lowest BCUT2D eigenvalue weighted by Crippen LogP contribution is -2.49. The van der Waals surface area contributed by atoms with E-state index in [9.17, 15) is 14.7 Å². The highest BCUT2D eigenvalue weighted by atomic mass is 16.4. The SMILES string of the molecule is O=C(NCC1(C(=O)O)CC1)N1CCCCCC1CO. The van der Waals surface area contributed by atoms with Crippen LogP contribution in [0.15, 0.2) is 0 Å². The minimum atomic E-state index is -0.831. The molecule has 2 fully saturated rings. The Bertz CT molecular complexity index is 355. The number of urea groups is 1. The lowest BCUT2D eigenvalue weighted by molar-refractivity contribution is -0.143. The Kier molecular flexibility index (Phi) is 4.29. The van der Waals surface area contributed by atoms with Gasteiger partial charge in [0.15, 0.2) is 0 Å². The number of nitrogens with one attached hydrogen (secondary N) is 1. The zero-order valence-electron chi connectivity index (χ0n) is 11.1. The number of carbonyl (C=O) groups is 2. The summed E-state index contributed by atoms with van der Waals surface area (Å²) in [5.74, 6) is -0.831. The van der Waals surface area contributed by atoms with Crippen LogP contribution in [0.2, 0.25) is 0 Å². The number of hydrogen-bond acceptors (Lipinski definition) is 3. The third-order valence-electron chi connectivity index (χ3n) is 4.23. The van der Waals surface area contributed by atoms with Crippen molar-refractivity contribution in [3.63, 3.8) is 0 Å². The van der Waals surface area contributed by atoms with Crippen molar-refractivity contribution in [2.24, 2.45) is 5.41 Å². The third kappa shape index (κ3) is 3.18. The minimum absolute atomic E-state index is 0.0303. The molecule has 1 saturated carbocycles. The molecule has 108 valence electrons. The Morgan fingerprint density at radius 3 is 2.58 bits per heavy atom. The van der Waals surface area contributed by atoms with E-state index in [0.717, 1.165) is 25.7 Å². The summed E-state index contributed by atoms with van der Waals surface area (Å²) in [6.07, 6.45) is 5.10. The van der Waals surface area contributed by atoms with Gasteiger partial charge in [0, 0.05) is 13.1 Å². The molecule has 0 radical (unpaired) electrons. The molecule has 0 aromatic carbocycles. The number of hydrogen-bond donors (Lipinski definition) is 3. The number of carboxylic acid groups (broad SMARTS) is 1. The summed E-state index contributed by atoms with van der Waals surface area (Å²) in [5.41, 5.74) is -0.740. The van der Waals surface area contributed by atoms with Crippen LogP contribution in [-0.4, -0.2) is 52.9 Å². The highest BCUT2D eigenvalue weighted by Gasteiger charge is 2.50. The van der Waals surface area contributed by atoms with Crippen molar-refractivity contribution in [2.75, 3.05) is 19.7 Å². The van der Waals surface area contributed by atoms with Gasteiger partial charge in [0.1, 0.15) is 0 Å². The fourth-order valence-corrected chi connectivity index (χ4v) is 2.60. The quantitative estimate of drug-likeness (QED) is 0.704. The molecule has 0 aromatic rings. The van der Waals surface area contributed by atoms with Gasteiger partial charge in [-0.05, 0) is 25.7 Å². The molecule has 0 spiro atoms. The topological polar surface area (TPSA) is 89.9 Å². The van der Waals surface area contributed by atoms with E-state index in [1.165, 1.54) is 0 Å². The van der Waals surface area contributed by atoms with Gasteiger partial charge in [-0.3, -0.25) is 4.79 Å². The maximum absolute atomic E-state index is 12.1. The van der Waals surface area contributed by atoms with Crippen LogP contribution in [0.25, 0.3) is 0 Å². The molecule has 2 amide bonds. The van der Waals surface area contributed by atoms with Gasteiger partial charge >= 0.3 is 12.0 Å². The van der Waals surface area contributed by atoms with Crippen molar-refractivity contribution in [3.8, 4) is 0 Å². The number of carboxylic acids is 1. The van der Waals surface area contributed by atoms with Crippen molar-refractivity contribution in [2.45, 2.75) is 44.6 Å². The summed E-state index contributed by atoms with van der Waals surface area (Å²) in [6.45, 7) is 0.796. The molecule has 1 atom stereocenters. The van der Waals surface area contributed by atoms with Crippen molar-refractivity contribution in [1.82, 2.24) is 10.2 Å². The number of rotatable bonds is 4. The predicted molar refractivity (Wildman–Crippen MR) is 68.7 cm³/mol. The van der Waals surface area contributed by atoms with Crippen LogP contribution in [0.3, 0.4) is 0 Å². The second kappa shape index (κ2) is 5.77. The highest BCUT2D eigenvalue weighted by Crippen LogP contribution is 2.45. The second-order valence-electron chi connectivity index (χ2n) is 5.62. The molecular weight excluding hydrogens is 248 g/mol. The Hall–Kier alpha value is -1.30. The van der Waals surface area contributed by atoms with E-state index in [-0.39, 0.29) is 25.2 Å². The van der Waals surface area contributed by atoms with Crippen LogP contribution in [0.5, 0.6) is 0 Å². The Morgan fingerprint density at radius 1 is 1.26 bits per heavy atom. The molecule has 2 aliphatic rings. The van der Waals surface area contributed by atoms with Crippen molar-refractivity contribution in [1.29, 1.82) is 0 Å². The molecule has 0 aromatic heterocycles. The zero-order valence-corrected chi connectivity index (χ0v) is 11.1. The number of aliphatic hydroxyl groups is 1. The van der Waals surface area contributed by atoms with Crippen LogP contribution in [0.1, 0.15) is 38.5 Å². The van der Waals surface area contributed by atoms with Gasteiger partial charge < -0.3 is 20.4 Å². The summed E-state index contributed by atoms with van der Waals surface area (Å²) in [4.78, 5) is 24.8. The van der Waals surface area contributed by atoms with Crippen LogP contribution in [0, 0.1) is 5.41 Å². The molecule has 6 nitrogen and oxygen atoms in total. The van der Waals surface area contributed by atoms with E-state index >= 15 is 0 Å². The second-order valence-corrected chi connectivity index (χ2v) is 5.62. The molecule has 2 rings (SSSR count). The molecule has 3 N–H and O–H groups in total. The van der Waals surface area contributed by atoms with Gasteiger partial charge in [-0.2, -0.15) is 0 Å². The number of aliphatic hydroxyl groups excluding tert-OH is 1. The van der Waals surface area contributed by atoms with Gasteiger partial charge in [-0.1, -0.05) is 12.8 Å². The average molecular weight is 270 g/mol. The molecule has 19 heavy (non-hydrogen) atoms. The first-order chi connectivity index (χ1) is 9.09. The van der Waals surface area contributed by atoms with Crippen molar-refractivity contribution in [3.05, 3.63) is 0 Å². The number of amides is 2. The van der Waals surface area contributed by atoms with E-state index < -0.39 is 11.4 Å². The Balaban J connectivity index is 1.89. The molecule has 1 aliphatic carbocycles. The fourth-order valence-electron chi connectivity index (χ4n) is 2.60. The van der Waals surface area contributed by atoms with Crippen molar-refractivity contribution < 1.29 is 19.8 Å². The number of nitrogens with zero attached hydrogens (tertiary/aromatic N) is 1. The van der Waals surface area contributed by atoms with Gasteiger partial charge in [-0.15, -0.1) is 0 Å². The Morgan fingerprint density at radius 2 is 2.00 bits per heavy atom. The van der Waals surface area contributed by atoms with Crippen LogP contribution in [0.4, 0.5) is 4.79 Å².